The smallest absolute Gasteiger partial charge is 0.248 e. The van der Waals surface area contributed by atoms with E-state index < -0.39 is 12.2 Å². The molecule has 3 heterocycles. The number of nitrogens with zero attached hydrogens (tertiary/aromatic N) is 3. The van der Waals surface area contributed by atoms with Gasteiger partial charge in [-0.1, -0.05) is 17.3 Å². The van der Waals surface area contributed by atoms with E-state index in [0.29, 0.717) is 24.8 Å². The van der Waals surface area contributed by atoms with E-state index in [9.17, 15) is 13.9 Å². The summed E-state index contributed by atoms with van der Waals surface area (Å²) in [4.78, 5) is 4.81. The van der Waals surface area contributed by atoms with Crippen molar-refractivity contribution in [2.75, 3.05) is 7.11 Å². The highest BCUT2D eigenvalue weighted by Crippen LogP contribution is 2.39. The highest BCUT2D eigenvalue weighted by molar-refractivity contribution is 5.87. The lowest BCUT2D eigenvalue weighted by molar-refractivity contribution is -0.0769. The zero-order chi connectivity index (χ0) is 24.7. The molecule has 6 nitrogen and oxygen atoms in total. The quantitative estimate of drug-likeness (QED) is 0.327. The van der Waals surface area contributed by atoms with Crippen LogP contribution in [0.5, 0.6) is 0 Å². The van der Waals surface area contributed by atoms with Crippen molar-refractivity contribution in [1.29, 1.82) is 0 Å². The summed E-state index contributed by atoms with van der Waals surface area (Å²) in [7, 11) is 1.45. The lowest BCUT2D eigenvalue weighted by Gasteiger charge is -2.28. The first-order chi connectivity index (χ1) is 16.8. The van der Waals surface area contributed by atoms with E-state index in [1.165, 1.54) is 7.11 Å². The van der Waals surface area contributed by atoms with E-state index in [-0.39, 0.29) is 18.8 Å². The summed E-state index contributed by atoms with van der Waals surface area (Å²) in [5.74, 6) is -1.61. The van der Waals surface area contributed by atoms with Crippen molar-refractivity contribution in [3.63, 3.8) is 0 Å². The van der Waals surface area contributed by atoms with Gasteiger partial charge in [0.2, 0.25) is 5.92 Å². The number of benzene rings is 1. The molecule has 0 saturated heterocycles. The second-order valence-electron chi connectivity index (χ2n) is 9.50. The Bertz CT molecular complexity index is 1310. The first-order valence-electron chi connectivity index (χ1n) is 11.9. The molecule has 0 spiro atoms. The van der Waals surface area contributed by atoms with Crippen molar-refractivity contribution in [2.45, 2.75) is 58.2 Å². The van der Waals surface area contributed by atoms with Crippen molar-refractivity contribution in [2.24, 2.45) is 5.92 Å². The van der Waals surface area contributed by atoms with Gasteiger partial charge in [0.25, 0.3) is 0 Å². The largest absolute Gasteiger partial charge is 0.364 e. The fourth-order valence-electron chi connectivity index (χ4n) is 5.11. The Morgan fingerprint density at radius 2 is 1.91 bits per heavy atom. The molecule has 1 aliphatic rings. The molecular weight excluding hydrogens is 452 g/mol. The van der Waals surface area contributed by atoms with E-state index in [1.54, 1.807) is 0 Å². The van der Waals surface area contributed by atoms with E-state index in [4.69, 9.17) is 14.2 Å². The van der Waals surface area contributed by atoms with Crippen molar-refractivity contribution < 1.29 is 23.1 Å². The molecule has 184 valence electrons. The molecule has 1 unspecified atom stereocenters. The average molecular weight is 482 g/mol. The molecule has 35 heavy (non-hydrogen) atoms. The highest BCUT2D eigenvalue weighted by atomic mass is 19.3. The number of aliphatic hydroxyl groups is 1. The average Bonchev–Trinajstić information content (AvgIpc) is 3.38. The summed E-state index contributed by atoms with van der Waals surface area (Å²) in [6, 6.07) is 9.55. The molecule has 0 aliphatic heterocycles. The third kappa shape index (κ3) is 4.60. The molecule has 0 amide bonds. The Hall–Kier alpha value is -3.10. The number of hydrogen-bond donors (Lipinski definition) is 1. The van der Waals surface area contributed by atoms with E-state index >= 15 is 0 Å². The minimum atomic E-state index is -2.54. The van der Waals surface area contributed by atoms with E-state index in [1.807, 2.05) is 48.9 Å². The van der Waals surface area contributed by atoms with Gasteiger partial charge in [0.1, 0.15) is 11.4 Å². The molecule has 1 aromatic carbocycles. The molecule has 4 aromatic rings. The topological polar surface area (TPSA) is 73.3 Å². The van der Waals surface area contributed by atoms with Crippen LogP contribution in [-0.2, 0) is 11.2 Å². The third-order valence-corrected chi connectivity index (χ3v) is 7.07. The number of hydrogen-bond acceptors (Lipinski definition) is 5. The lowest BCUT2D eigenvalue weighted by Crippen LogP contribution is -2.25. The third-order valence-electron chi connectivity index (χ3n) is 7.07. The first-order valence-corrected chi connectivity index (χ1v) is 11.9. The Morgan fingerprint density at radius 1 is 1.20 bits per heavy atom. The number of ether oxygens (including phenoxy) is 1. The number of aromatic nitrogens is 3. The van der Waals surface area contributed by atoms with E-state index in [2.05, 4.69) is 17.4 Å². The Kier molecular flexibility index (Phi) is 6.19. The maximum atomic E-state index is 13.7. The molecule has 1 atom stereocenters. The normalized spacial score (nSPS) is 17.2. The summed E-state index contributed by atoms with van der Waals surface area (Å²) in [6.45, 7) is 3.78. The van der Waals surface area contributed by atoms with Crippen LogP contribution in [0.25, 0.3) is 27.8 Å². The van der Waals surface area contributed by atoms with Gasteiger partial charge in [0.05, 0.1) is 5.69 Å². The van der Waals surface area contributed by atoms with Gasteiger partial charge >= 0.3 is 0 Å². The zero-order valence-corrected chi connectivity index (χ0v) is 20.1. The predicted octanol–water partition coefficient (Wildman–Crippen LogP) is 6.30. The van der Waals surface area contributed by atoms with Crippen LogP contribution in [0.2, 0.25) is 0 Å². The van der Waals surface area contributed by atoms with Crippen molar-refractivity contribution in [1.82, 2.24) is 14.7 Å². The molecule has 0 radical (unpaired) electrons. The fraction of sp³-hybridized carbons (Fsp3) is 0.407. The standard InChI is InChI=1S/C27H29F2N3O3/c1-16-24(17(2)35-31-16)20-13-23-21(12-18-8-10-27(28,29)11-9-18)15-32(25(23)30-14-20)22-6-4-19(5-7-22)26(33)34-3/h4-7,13-15,18,26,33H,8-12H2,1-3H3. The van der Waals surface area contributed by atoms with Crippen LogP contribution in [0.1, 0.15) is 54.6 Å². The predicted molar refractivity (Wildman–Crippen MR) is 129 cm³/mol. The van der Waals surface area contributed by atoms with E-state index in [0.717, 1.165) is 44.9 Å². The number of pyridine rings is 1. The molecule has 1 aliphatic carbocycles. The lowest BCUT2D eigenvalue weighted by atomic mass is 9.83. The number of methoxy groups -OCH3 is 1. The minimum Gasteiger partial charge on any atom is -0.364 e. The molecule has 0 bridgehead atoms. The monoisotopic (exact) mass is 481 g/mol. The van der Waals surface area contributed by atoms with Crippen molar-refractivity contribution >= 4 is 11.0 Å². The molecule has 1 N–H and O–H groups in total. The van der Waals surface area contributed by atoms with Crippen LogP contribution < -0.4 is 0 Å². The molecule has 8 heteroatoms. The number of aliphatic hydroxyl groups excluding tert-OH is 1. The summed E-state index contributed by atoms with van der Waals surface area (Å²) < 4.78 is 39.9. The van der Waals surface area contributed by atoms with Gasteiger partial charge in [-0.2, -0.15) is 0 Å². The van der Waals surface area contributed by atoms with Gasteiger partial charge in [-0.05, 0) is 62.8 Å². The summed E-state index contributed by atoms with van der Waals surface area (Å²) in [5.41, 5.74) is 6.06. The van der Waals surface area contributed by atoms with Gasteiger partial charge < -0.3 is 18.9 Å². The zero-order valence-electron chi connectivity index (χ0n) is 20.1. The van der Waals surface area contributed by atoms with Crippen LogP contribution in [-0.4, -0.2) is 32.8 Å². The van der Waals surface area contributed by atoms with Gasteiger partial charge in [0.15, 0.2) is 6.29 Å². The number of halogens is 2. The van der Waals surface area contributed by atoms with Crippen LogP contribution in [0, 0.1) is 19.8 Å². The second-order valence-corrected chi connectivity index (χ2v) is 9.50. The van der Waals surface area contributed by atoms with Crippen LogP contribution in [0.4, 0.5) is 8.78 Å². The molecule has 1 fully saturated rings. The van der Waals surface area contributed by atoms with Crippen molar-refractivity contribution in [3.8, 4) is 16.8 Å². The Balaban J connectivity index is 1.57. The second kappa shape index (κ2) is 9.17. The first kappa shape index (κ1) is 23.6. The number of aryl methyl sites for hydroxylation is 2. The number of fused-ring (bicyclic) bond motifs is 1. The molecule has 3 aromatic heterocycles. The fourth-order valence-corrected chi connectivity index (χ4v) is 5.11. The van der Waals surface area contributed by atoms with Crippen LogP contribution in [0.15, 0.2) is 47.2 Å². The maximum Gasteiger partial charge on any atom is 0.248 e. The highest BCUT2D eigenvalue weighted by Gasteiger charge is 2.35. The summed E-state index contributed by atoms with van der Waals surface area (Å²) in [5, 5.41) is 15.0. The van der Waals surface area contributed by atoms with Crippen LogP contribution >= 0.6 is 0 Å². The Morgan fingerprint density at radius 3 is 2.54 bits per heavy atom. The van der Waals surface area contributed by atoms with Gasteiger partial charge in [-0.3, -0.25) is 0 Å². The van der Waals surface area contributed by atoms with Crippen molar-refractivity contribution in [3.05, 3.63) is 65.3 Å². The Labute approximate surface area is 202 Å². The van der Waals surface area contributed by atoms with Gasteiger partial charge in [-0.25, -0.2) is 13.8 Å². The van der Waals surface area contributed by atoms with Gasteiger partial charge in [0, 0.05) is 60.1 Å². The summed E-state index contributed by atoms with van der Waals surface area (Å²) >= 11 is 0. The summed E-state index contributed by atoms with van der Waals surface area (Å²) in [6.07, 6.45) is 4.53. The minimum absolute atomic E-state index is 0.0534. The maximum absolute atomic E-state index is 13.7. The number of rotatable bonds is 6. The molecule has 5 rings (SSSR count). The molecule has 1 saturated carbocycles. The molecular formula is C27H29F2N3O3. The van der Waals surface area contributed by atoms with Crippen LogP contribution in [0.3, 0.4) is 0 Å². The number of alkyl halides is 2. The van der Waals surface area contributed by atoms with Gasteiger partial charge in [-0.15, -0.1) is 0 Å². The SMILES string of the molecule is COC(O)c1ccc(-n2cc(CC3CCC(F)(F)CC3)c3cc(-c4c(C)noc4C)cnc32)cc1.